The standard InChI is InChI=1S/C7H12FN3O/c1-11-4-7(10-5-11)9-3-6(12)2-8/h4-6,9,12H,2-3H2,1H3. The normalized spacial score (nSPS) is 12.9. The molecule has 68 valence electrons. The Morgan fingerprint density at radius 2 is 2.58 bits per heavy atom. The highest BCUT2D eigenvalue weighted by molar-refractivity contribution is 5.30. The van der Waals surface area contributed by atoms with Crippen LogP contribution in [-0.4, -0.2) is 34.0 Å². The van der Waals surface area contributed by atoms with Gasteiger partial charge in [0.15, 0.2) is 0 Å². The van der Waals surface area contributed by atoms with Gasteiger partial charge in [-0.2, -0.15) is 0 Å². The number of hydrogen-bond acceptors (Lipinski definition) is 3. The fourth-order valence-corrected chi connectivity index (χ4v) is 0.781. The minimum Gasteiger partial charge on any atom is -0.389 e. The van der Waals surface area contributed by atoms with E-state index < -0.39 is 12.8 Å². The first kappa shape index (κ1) is 8.99. The maximum atomic E-state index is 11.8. The molecular formula is C7H12FN3O. The van der Waals surface area contributed by atoms with Crippen molar-refractivity contribution in [2.24, 2.45) is 7.05 Å². The van der Waals surface area contributed by atoms with Gasteiger partial charge >= 0.3 is 0 Å². The highest BCUT2D eigenvalue weighted by Gasteiger charge is 2.02. The summed E-state index contributed by atoms with van der Waals surface area (Å²) in [6.07, 6.45) is 2.43. The van der Waals surface area contributed by atoms with Crippen molar-refractivity contribution < 1.29 is 9.50 Å². The van der Waals surface area contributed by atoms with E-state index in [1.54, 1.807) is 17.1 Å². The van der Waals surface area contributed by atoms with Crippen molar-refractivity contribution in [2.45, 2.75) is 6.10 Å². The van der Waals surface area contributed by atoms with Gasteiger partial charge < -0.3 is 15.0 Å². The summed E-state index contributed by atoms with van der Waals surface area (Å²) >= 11 is 0. The van der Waals surface area contributed by atoms with Crippen LogP contribution in [-0.2, 0) is 7.05 Å². The zero-order chi connectivity index (χ0) is 8.97. The zero-order valence-corrected chi connectivity index (χ0v) is 6.87. The number of imidazole rings is 1. The zero-order valence-electron chi connectivity index (χ0n) is 6.87. The molecule has 1 aromatic rings. The summed E-state index contributed by atoms with van der Waals surface area (Å²) in [5.41, 5.74) is 0. The third-order valence-corrected chi connectivity index (χ3v) is 1.40. The molecule has 2 N–H and O–H groups in total. The maximum Gasteiger partial charge on any atom is 0.144 e. The molecule has 1 atom stereocenters. The monoisotopic (exact) mass is 173 g/mol. The first-order valence-corrected chi connectivity index (χ1v) is 3.68. The molecule has 4 nitrogen and oxygen atoms in total. The van der Waals surface area contributed by atoms with Gasteiger partial charge in [0.05, 0.1) is 12.4 Å². The van der Waals surface area contributed by atoms with Crippen LogP contribution in [0.4, 0.5) is 10.2 Å². The first-order chi connectivity index (χ1) is 5.72. The second-order valence-electron chi connectivity index (χ2n) is 2.61. The molecule has 0 fully saturated rings. The Bertz CT molecular complexity index is 238. The minimum absolute atomic E-state index is 0.188. The van der Waals surface area contributed by atoms with Crippen LogP contribution in [0.5, 0.6) is 0 Å². The molecule has 1 unspecified atom stereocenters. The molecule has 0 saturated heterocycles. The number of aromatic nitrogens is 2. The van der Waals surface area contributed by atoms with E-state index in [-0.39, 0.29) is 6.54 Å². The quantitative estimate of drug-likeness (QED) is 0.682. The third-order valence-electron chi connectivity index (χ3n) is 1.40. The molecule has 0 saturated carbocycles. The summed E-state index contributed by atoms with van der Waals surface area (Å²) in [7, 11) is 1.84. The molecule has 1 rings (SSSR count). The number of halogens is 1. The fraction of sp³-hybridized carbons (Fsp3) is 0.571. The Kier molecular flexibility index (Phi) is 3.04. The molecule has 12 heavy (non-hydrogen) atoms. The lowest BCUT2D eigenvalue weighted by Crippen LogP contribution is -2.21. The number of nitrogens with one attached hydrogen (secondary N) is 1. The second-order valence-corrected chi connectivity index (χ2v) is 2.61. The summed E-state index contributed by atoms with van der Waals surface area (Å²) < 4.78 is 13.5. The van der Waals surface area contributed by atoms with Crippen molar-refractivity contribution in [1.29, 1.82) is 0 Å². The van der Waals surface area contributed by atoms with Gasteiger partial charge in [0.1, 0.15) is 12.5 Å². The Morgan fingerprint density at radius 3 is 3.08 bits per heavy atom. The van der Waals surface area contributed by atoms with Crippen molar-refractivity contribution in [1.82, 2.24) is 9.55 Å². The number of nitrogens with zero attached hydrogens (tertiary/aromatic N) is 2. The molecule has 0 amide bonds. The molecule has 0 spiro atoms. The molecule has 0 bridgehead atoms. The lowest BCUT2D eigenvalue weighted by atomic mass is 10.4. The second kappa shape index (κ2) is 4.06. The summed E-state index contributed by atoms with van der Waals surface area (Å²) in [4.78, 5) is 3.94. The van der Waals surface area contributed by atoms with Crippen LogP contribution in [0.1, 0.15) is 0 Å². The van der Waals surface area contributed by atoms with Crippen LogP contribution in [0.3, 0.4) is 0 Å². The minimum atomic E-state index is -0.952. The summed E-state index contributed by atoms with van der Waals surface area (Å²) in [6, 6.07) is 0. The Morgan fingerprint density at radius 1 is 1.83 bits per heavy atom. The Balaban J connectivity index is 2.33. The van der Waals surface area contributed by atoms with Gasteiger partial charge in [0.2, 0.25) is 0 Å². The van der Waals surface area contributed by atoms with Crippen molar-refractivity contribution in [3.63, 3.8) is 0 Å². The average Bonchev–Trinajstić information content (AvgIpc) is 2.47. The number of aryl methyl sites for hydroxylation is 1. The fourth-order valence-electron chi connectivity index (χ4n) is 0.781. The van der Waals surface area contributed by atoms with Crippen molar-refractivity contribution in [3.8, 4) is 0 Å². The van der Waals surface area contributed by atoms with Crippen LogP contribution in [0.25, 0.3) is 0 Å². The van der Waals surface area contributed by atoms with Gasteiger partial charge in [0.25, 0.3) is 0 Å². The first-order valence-electron chi connectivity index (χ1n) is 3.68. The van der Waals surface area contributed by atoms with Gasteiger partial charge in [-0.25, -0.2) is 9.37 Å². The lowest BCUT2D eigenvalue weighted by molar-refractivity contribution is 0.151. The van der Waals surface area contributed by atoms with Crippen LogP contribution in [0.2, 0.25) is 0 Å². The number of rotatable bonds is 4. The average molecular weight is 173 g/mol. The van der Waals surface area contributed by atoms with Crippen LogP contribution in [0.15, 0.2) is 12.5 Å². The summed E-state index contributed by atoms with van der Waals surface area (Å²) in [5, 5.41) is 11.6. The molecule has 1 heterocycles. The van der Waals surface area contributed by atoms with E-state index in [0.717, 1.165) is 0 Å². The molecule has 1 aromatic heterocycles. The van der Waals surface area contributed by atoms with E-state index in [1.807, 2.05) is 7.05 Å². The molecule has 0 aromatic carbocycles. The van der Waals surface area contributed by atoms with Gasteiger partial charge in [-0.1, -0.05) is 0 Å². The van der Waals surface area contributed by atoms with Crippen molar-refractivity contribution >= 4 is 5.82 Å². The molecule has 0 aliphatic heterocycles. The number of alkyl halides is 1. The predicted molar refractivity (Wildman–Crippen MR) is 43.7 cm³/mol. The van der Waals surface area contributed by atoms with E-state index in [1.165, 1.54) is 0 Å². The number of aliphatic hydroxyl groups is 1. The van der Waals surface area contributed by atoms with Gasteiger partial charge in [-0.15, -0.1) is 0 Å². The van der Waals surface area contributed by atoms with Gasteiger partial charge in [-0.05, 0) is 0 Å². The van der Waals surface area contributed by atoms with Gasteiger partial charge in [-0.3, -0.25) is 0 Å². The molecule has 0 radical (unpaired) electrons. The SMILES string of the molecule is Cn1cnc(NCC(O)CF)c1. The Hall–Kier alpha value is -1.10. The van der Waals surface area contributed by atoms with Crippen LogP contribution in [0, 0.1) is 0 Å². The van der Waals surface area contributed by atoms with Crippen LogP contribution < -0.4 is 5.32 Å². The van der Waals surface area contributed by atoms with Gasteiger partial charge in [0, 0.05) is 19.8 Å². The smallest absolute Gasteiger partial charge is 0.144 e. The van der Waals surface area contributed by atoms with E-state index in [4.69, 9.17) is 5.11 Å². The van der Waals surface area contributed by atoms with E-state index >= 15 is 0 Å². The van der Waals surface area contributed by atoms with E-state index in [9.17, 15) is 4.39 Å². The number of aliphatic hydroxyl groups excluding tert-OH is 1. The highest BCUT2D eigenvalue weighted by Crippen LogP contribution is 2.00. The Labute approximate surface area is 70.0 Å². The maximum absolute atomic E-state index is 11.8. The number of anilines is 1. The van der Waals surface area contributed by atoms with Crippen LogP contribution >= 0.6 is 0 Å². The molecule has 5 heteroatoms. The highest BCUT2D eigenvalue weighted by atomic mass is 19.1. The summed E-state index contributed by atoms with van der Waals surface area (Å²) in [5.74, 6) is 0.644. The lowest BCUT2D eigenvalue weighted by Gasteiger charge is -2.05. The molecular weight excluding hydrogens is 161 g/mol. The number of hydrogen-bond donors (Lipinski definition) is 2. The predicted octanol–water partition coefficient (Wildman–Crippen LogP) is 0.162. The largest absolute Gasteiger partial charge is 0.389 e. The third kappa shape index (κ3) is 2.50. The molecule has 0 aliphatic carbocycles. The topological polar surface area (TPSA) is 50.1 Å². The molecule has 0 aliphatic rings. The van der Waals surface area contributed by atoms with E-state index in [0.29, 0.717) is 5.82 Å². The van der Waals surface area contributed by atoms with E-state index in [2.05, 4.69) is 10.3 Å². The van der Waals surface area contributed by atoms with Crippen molar-refractivity contribution in [3.05, 3.63) is 12.5 Å². The summed E-state index contributed by atoms with van der Waals surface area (Å²) in [6.45, 7) is -0.548. The van der Waals surface area contributed by atoms with Crippen molar-refractivity contribution in [2.75, 3.05) is 18.5 Å².